The number of aryl methyl sites for hydroxylation is 2. The normalized spacial score (nSPS) is 11.6. The molecule has 10 nitrogen and oxygen atoms in total. The highest BCUT2D eigenvalue weighted by molar-refractivity contribution is 5.92. The van der Waals surface area contributed by atoms with Gasteiger partial charge in [0, 0.05) is 49.7 Å². The fourth-order valence-corrected chi connectivity index (χ4v) is 4.38. The molecule has 11 heteroatoms. The van der Waals surface area contributed by atoms with E-state index in [-0.39, 0.29) is 33.4 Å². The van der Waals surface area contributed by atoms with Gasteiger partial charge in [0.05, 0.1) is 17.1 Å². The molecular formula is C28H26FN7O3. The lowest BCUT2D eigenvalue weighted by Crippen LogP contribution is -2.25. The molecule has 1 aromatic carbocycles. The molecule has 0 saturated heterocycles. The highest BCUT2D eigenvalue weighted by Crippen LogP contribution is 2.29. The molecule has 0 spiro atoms. The average molecular weight is 528 g/mol. The zero-order valence-corrected chi connectivity index (χ0v) is 22.1. The van der Waals surface area contributed by atoms with Gasteiger partial charge in [-0.05, 0) is 40.8 Å². The van der Waals surface area contributed by atoms with Crippen LogP contribution in [0.3, 0.4) is 0 Å². The van der Waals surface area contributed by atoms with E-state index < -0.39 is 11.4 Å². The van der Waals surface area contributed by atoms with Crippen LogP contribution in [0.1, 0.15) is 36.7 Å². The van der Waals surface area contributed by atoms with E-state index in [0.29, 0.717) is 28.6 Å². The zero-order chi connectivity index (χ0) is 28.1. The van der Waals surface area contributed by atoms with Gasteiger partial charge in [0.15, 0.2) is 17.9 Å². The van der Waals surface area contributed by atoms with Crippen LogP contribution in [0, 0.1) is 5.82 Å². The van der Waals surface area contributed by atoms with Crippen molar-refractivity contribution in [1.82, 2.24) is 29.1 Å². The van der Waals surface area contributed by atoms with Gasteiger partial charge >= 0.3 is 0 Å². The lowest BCUT2D eigenvalue weighted by molar-refractivity contribution is 0.112. The van der Waals surface area contributed by atoms with Crippen LogP contribution in [-0.4, -0.2) is 35.4 Å². The van der Waals surface area contributed by atoms with Crippen molar-refractivity contribution in [3.8, 4) is 16.9 Å². The van der Waals surface area contributed by atoms with E-state index in [4.69, 9.17) is 0 Å². The number of anilines is 2. The monoisotopic (exact) mass is 527 g/mol. The molecule has 0 bridgehead atoms. The Morgan fingerprint density at radius 2 is 1.82 bits per heavy atom. The summed E-state index contributed by atoms with van der Waals surface area (Å²) >= 11 is 0. The fourth-order valence-electron chi connectivity index (χ4n) is 4.38. The van der Waals surface area contributed by atoms with E-state index in [9.17, 15) is 14.4 Å². The number of aromatic nitrogens is 6. The molecule has 198 valence electrons. The predicted molar refractivity (Wildman–Crippen MR) is 146 cm³/mol. The molecule has 5 rings (SSSR count). The number of nitrogens with zero attached hydrogens (tertiary/aromatic N) is 6. The second kappa shape index (κ2) is 9.43. The Morgan fingerprint density at radius 3 is 2.49 bits per heavy atom. The van der Waals surface area contributed by atoms with Crippen molar-refractivity contribution in [3.63, 3.8) is 0 Å². The summed E-state index contributed by atoms with van der Waals surface area (Å²) in [7, 11) is 3.34. The third kappa shape index (κ3) is 4.63. The van der Waals surface area contributed by atoms with Crippen LogP contribution in [0.15, 0.2) is 64.7 Å². The van der Waals surface area contributed by atoms with Gasteiger partial charge in [0.2, 0.25) is 0 Å². The van der Waals surface area contributed by atoms with Gasteiger partial charge in [-0.2, -0.15) is 14.9 Å². The van der Waals surface area contributed by atoms with E-state index >= 15 is 4.39 Å². The number of fused-ring (bicyclic) bond motifs is 1. The Balaban J connectivity index is 1.67. The van der Waals surface area contributed by atoms with E-state index in [1.807, 2.05) is 20.8 Å². The Hall–Kier alpha value is -4.93. The van der Waals surface area contributed by atoms with Gasteiger partial charge < -0.3 is 9.88 Å². The number of benzene rings is 1. The molecule has 0 aliphatic carbocycles. The summed E-state index contributed by atoms with van der Waals surface area (Å²) in [5.41, 5.74) is 0.570. The van der Waals surface area contributed by atoms with Crippen molar-refractivity contribution in [2.75, 3.05) is 5.32 Å². The minimum atomic E-state index is -0.740. The van der Waals surface area contributed by atoms with E-state index in [1.165, 1.54) is 23.0 Å². The fraction of sp³-hybridized carbons (Fsp3) is 0.214. The molecule has 5 aromatic rings. The molecule has 0 saturated carbocycles. The van der Waals surface area contributed by atoms with Crippen LogP contribution in [-0.2, 0) is 19.5 Å². The molecule has 4 heterocycles. The summed E-state index contributed by atoms with van der Waals surface area (Å²) in [4.78, 5) is 42.8. The van der Waals surface area contributed by atoms with Crippen LogP contribution in [0.5, 0.6) is 0 Å². The summed E-state index contributed by atoms with van der Waals surface area (Å²) in [6.07, 6.45) is 6.68. The number of pyridine rings is 2. The van der Waals surface area contributed by atoms with Gasteiger partial charge in [-0.15, -0.1) is 0 Å². The summed E-state index contributed by atoms with van der Waals surface area (Å²) in [5, 5.41) is 11.7. The van der Waals surface area contributed by atoms with E-state index in [2.05, 4.69) is 20.5 Å². The molecule has 0 amide bonds. The minimum absolute atomic E-state index is 0.0539. The second-order valence-corrected chi connectivity index (χ2v) is 10.3. The van der Waals surface area contributed by atoms with Crippen LogP contribution < -0.4 is 16.4 Å². The van der Waals surface area contributed by atoms with E-state index in [0.717, 1.165) is 10.2 Å². The van der Waals surface area contributed by atoms with Crippen molar-refractivity contribution in [2.24, 2.45) is 14.1 Å². The van der Waals surface area contributed by atoms with Gasteiger partial charge in [-0.3, -0.25) is 19.1 Å². The molecule has 0 atom stereocenters. The number of aldehydes is 1. The van der Waals surface area contributed by atoms with Crippen molar-refractivity contribution in [3.05, 3.63) is 92.8 Å². The first kappa shape index (κ1) is 25.7. The summed E-state index contributed by atoms with van der Waals surface area (Å²) in [6, 6.07) is 7.99. The van der Waals surface area contributed by atoms with Gasteiger partial charge in [-0.1, -0.05) is 20.8 Å². The van der Waals surface area contributed by atoms with Crippen molar-refractivity contribution in [1.29, 1.82) is 0 Å². The topological polar surface area (TPSA) is 117 Å². The molecule has 0 aliphatic heterocycles. The third-order valence-corrected chi connectivity index (χ3v) is 6.46. The Morgan fingerprint density at radius 1 is 1.05 bits per heavy atom. The van der Waals surface area contributed by atoms with Crippen molar-refractivity contribution >= 4 is 28.6 Å². The van der Waals surface area contributed by atoms with Crippen molar-refractivity contribution < 1.29 is 9.18 Å². The minimum Gasteiger partial charge on any atom is -0.334 e. The third-order valence-electron chi connectivity index (χ3n) is 6.46. The zero-order valence-electron chi connectivity index (χ0n) is 22.1. The van der Waals surface area contributed by atoms with Crippen LogP contribution in [0.4, 0.5) is 15.9 Å². The Bertz CT molecular complexity index is 1880. The molecule has 4 aromatic heterocycles. The largest absolute Gasteiger partial charge is 0.334 e. The smallest absolute Gasteiger partial charge is 0.283 e. The van der Waals surface area contributed by atoms with Crippen LogP contribution in [0.2, 0.25) is 0 Å². The predicted octanol–water partition coefficient (Wildman–Crippen LogP) is 3.87. The molecule has 39 heavy (non-hydrogen) atoms. The standard InChI is InChI=1S/C28H26FN7O3/c1-28(2,3)18-10-16-13-31-36(27(39)24(16)21(29)12-18)25-20(15-37)19(6-8-30-25)17-11-22(26(38)34(4)14-17)32-23-7-9-35(5)33-23/h6-15H,1-5H3,(H,32,33). The Labute approximate surface area is 222 Å². The summed E-state index contributed by atoms with van der Waals surface area (Å²) in [5.74, 6) is -0.256. The van der Waals surface area contributed by atoms with E-state index in [1.54, 1.807) is 55.4 Å². The molecular weight excluding hydrogens is 501 g/mol. The second-order valence-electron chi connectivity index (χ2n) is 10.3. The Kier molecular flexibility index (Phi) is 6.21. The first-order chi connectivity index (χ1) is 18.5. The van der Waals surface area contributed by atoms with Crippen molar-refractivity contribution in [2.45, 2.75) is 26.2 Å². The van der Waals surface area contributed by atoms with Crippen LogP contribution in [0.25, 0.3) is 27.7 Å². The maximum atomic E-state index is 15.2. The molecule has 0 aliphatic rings. The van der Waals surface area contributed by atoms with Gasteiger partial charge in [0.25, 0.3) is 11.1 Å². The molecule has 0 radical (unpaired) electrons. The molecule has 0 fully saturated rings. The highest BCUT2D eigenvalue weighted by atomic mass is 19.1. The number of hydrogen-bond donors (Lipinski definition) is 1. The average Bonchev–Trinajstić information content (AvgIpc) is 3.30. The number of halogens is 1. The summed E-state index contributed by atoms with van der Waals surface area (Å²) in [6.45, 7) is 5.85. The summed E-state index contributed by atoms with van der Waals surface area (Å²) < 4.78 is 19.1. The first-order valence-electron chi connectivity index (χ1n) is 12.1. The number of carbonyl (C=O) groups is 1. The van der Waals surface area contributed by atoms with Crippen LogP contribution >= 0.6 is 0 Å². The molecule has 0 unspecified atom stereocenters. The number of nitrogens with one attached hydrogen (secondary N) is 1. The van der Waals surface area contributed by atoms with Gasteiger partial charge in [0.1, 0.15) is 11.5 Å². The maximum absolute atomic E-state index is 15.2. The van der Waals surface area contributed by atoms with Gasteiger partial charge in [-0.25, -0.2) is 9.37 Å². The maximum Gasteiger partial charge on any atom is 0.283 e. The highest BCUT2D eigenvalue weighted by Gasteiger charge is 2.21. The number of carbonyl (C=O) groups excluding carboxylic acids is 1. The lowest BCUT2D eigenvalue weighted by Gasteiger charge is -2.20. The SMILES string of the molecule is Cn1ccc(Nc2cc(-c3ccnc(-n4ncc5cc(C(C)(C)C)cc(F)c5c4=O)c3C=O)cn(C)c2=O)n1. The molecule has 1 N–H and O–H groups in total. The number of rotatable bonds is 5. The number of hydrogen-bond acceptors (Lipinski definition) is 7. The first-order valence-corrected chi connectivity index (χ1v) is 12.1. The lowest BCUT2D eigenvalue weighted by atomic mass is 9.86. The quantitative estimate of drug-likeness (QED) is 0.345.